The summed E-state index contributed by atoms with van der Waals surface area (Å²) in [7, 11) is 0. The Balaban J connectivity index is 1.84. The molecular weight excluding hydrogens is 338 g/mol. The molecule has 0 bridgehead atoms. The van der Waals surface area contributed by atoms with Crippen LogP contribution >= 0.6 is 11.6 Å². The van der Waals surface area contributed by atoms with Gasteiger partial charge in [-0.3, -0.25) is 4.79 Å². The highest BCUT2D eigenvalue weighted by Gasteiger charge is 2.14. The third-order valence-corrected chi connectivity index (χ3v) is 3.76. The molecule has 1 atom stereocenters. The molecule has 7 heteroatoms. The lowest BCUT2D eigenvalue weighted by Crippen LogP contribution is -2.86. The summed E-state index contributed by atoms with van der Waals surface area (Å²) >= 11 is 6.13. The highest BCUT2D eigenvalue weighted by molar-refractivity contribution is 6.31. The Morgan fingerprint density at radius 2 is 1.88 bits per heavy atom. The van der Waals surface area contributed by atoms with Crippen LogP contribution in [0, 0.1) is 0 Å². The molecule has 24 heavy (non-hydrogen) atoms. The Labute approximate surface area is 143 Å². The van der Waals surface area contributed by atoms with E-state index in [0.717, 1.165) is 5.56 Å². The zero-order chi connectivity index (χ0) is 17.5. The number of hydrogen-bond acceptors (Lipinski definition) is 2. The molecule has 0 aromatic heterocycles. The molecule has 0 radical (unpaired) electrons. The van der Waals surface area contributed by atoms with Gasteiger partial charge in [0.05, 0.1) is 0 Å². The number of quaternary nitrogens is 1. The molecule has 0 spiro atoms. The number of halogens is 3. The Kier molecular flexibility index (Phi) is 6.52. The van der Waals surface area contributed by atoms with Crippen LogP contribution in [0.1, 0.15) is 18.5 Å². The average Bonchev–Trinajstić information content (AvgIpc) is 2.54. The van der Waals surface area contributed by atoms with Gasteiger partial charge in [-0.1, -0.05) is 29.8 Å². The number of anilines is 1. The molecule has 1 amide bonds. The molecule has 3 N–H and O–H groups in total. The van der Waals surface area contributed by atoms with E-state index in [9.17, 15) is 13.6 Å². The number of nitrogens with two attached hydrogens (primary N) is 1. The molecule has 4 nitrogen and oxygen atoms in total. The van der Waals surface area contributed by atoms with E-state index >= 15 is 0 Å². The van der Waals surface area contributed by atoms with Gasteiger partial charge < -0.3 is 15.4 Å². The van der Waals surface area contributed by atoms with Crippen molar-refractivity contribution in [3.05, 3.63) is 59.1 Å². The maximum absolute atomic E-state index is 12.1. The Hall–Kier alpha value is -2.18. The quantitative estimate of drug-likeness (QED) is 0.801. The average molecular weight is 356 g/mol. The minimum Gasteiger partial charge on any atom is -0.435 e. The molecule has 2 aromatic rings. The molecule has 0 aliphatic carbocycles. The van der Waals surface area contributed by atoms with Crippen molar-refractivity contribution in [1.29, 1.82) is 0 Å². The maximum Gasteiger partial charge on any atom is 0.387 e. The number of carbonyl (C=O) groups is 1. The van der Waals surface area contributed by atoms with Gasteiger partial charge in [-0.15, -0.1) is 0 Å². The van der Waals surface area contributed by atoms with Crippen molar-refractivity contribution in [3.8, 4) is 5.75 Å². The first-order valence-electron chi connectivity index (χ1n) is 7.38. The third kappa shape index (κ3) is 5.47. The number of amides is 1. The van der Waals surface area contributed by atoms with Crippen molar-refractivity contribution in [2.24, 2.45) is 0 Å². The monoisotopic (exact) mass is 355 g/mol. The molecule has 2 rings (SSSR count). The molecule has 0 heterocycles. The first-order valence-corrected chi connectivity index (χ1v) is 7.76. The molecule has 0 aliphatic heterocycles. The largest absolute Gasteiger partial charge is 0.435 e. The van der Waals surface area contributed by atoms with Crippen LogP contribution in [0.2, 0.25) is 5.02 Å². The predicted molar refractivity (Wildman–Crippen MR) is 88.4 cm³/mol. The van der Waals surface area contributed by atoms with Gasteiger partial charge in [0.15, 0.2) is 6.54 Å². The molecule has 0 unspecified atom stereocenters. The van der Waals surface area contributed by atoms with Crippen LogP contribution in [-0.4, -0.2) is 19.1 Å². The van der Waals surface area contributed by atoms with Gasteiger partial charge in [-0.05, 0) is 37.3 Å². The van der Waals surface area contributed by atoms with Crippen molar-refractivity contribution >= 4 is 23.2 Å². The first kappa shape index (κ1) is 18.2. The SMILES string of the molecule is C[C@H]([NH2+]CC(=O)Nc1ccc(OC(F)F)cc1)c1ccccc1Cl. The first-order chi connectivity index (χ1) is 11.5. The number of hydrogen-bond donors (Lipinski definition) is 2. The van der Waals surface area contributed by atoms with Crippen LogP contribution in [0.15, 0.2) is 48.5 Å². The summed E-state index contributed by atoms with van der Waals surface area (Å²) in [6.07, 6.45) is 0. The van der Waals surface area contributed by atoms with Crippen molar-refractivity contribution in [2.45, 2.75) is 19.6 Å². The van der Waals surface area contributed by atoms with Crippen molar-refractivity contribution < 1.29 is 23.6 Å². The van der Waals surface area contributed by atoms with E-state index < -0.39 is 6.61 Å². The molecule has 0 saturated carbocycles. The van der Waals surface area contributed by atoms with Gasteiger partial charge in [0.25, 0.3) is 5.91 Å². The van der Waals surface area contributed by atoms with E-state index in [1.165, 1.54) is 24.3 Å². The summed E-state index contributed by atoms with van der Waals surface area (Å²) in [6.45, 7) is -0.696. The van der Waals surface area contributed by atoms with Gasteiger partial charge in [0.2, 0.25) is 0 Å². The summed E-state index contributed by atoms with van der Waals surface area (Å²) in [5, 5.41) is 5.23. The normalized spacial score (nSPS) is 12.0. The summed E-state index contributed by atoms with van der Waals surface area (Å²) in [4.78, 5) is 12.0. The van der Waals surface area contributed by atoms with E-state index in [-0.39, 0.29) is 24.2 Å². The minimum absolute atomic E-state index is 0.0336. The van der Waals surface area contributed by atoms with Gasteiger partial charge in [0.1, 0.15) is 11.8 Å². The second-order valence-electron chi connectivity index (χ2n) is 5.20. The fourth-order valence-corrected chi connectivity index (χ4v) is 2.49. The molecule has 0 saturated heterocycles. The topological polar surface area (TPSA) is 54.9 Å². The molecular formula is C17H18ClF2N2O2+. The van der Waals surface area contributed by atoms with Crippen LogP contribution in [0.5, 0.6) is 5.75 Å². The summed E-state index contributed by atoms with van der Waals surface area (Å²) in [6, 6.07) is 13.3. The number of carbonyl (C=O) groups excluding carboxylic acids is 1. The van der Waals surface area contributed by atoms with Crippen LogP contribution in [-0.2, 0) is 4.79 Å². The smallest absolute Gasteiger partial charge is 0.387 e. The van der Waals surface area contributed by atoms with Gasteiger partial charge in [0, 0.05) is 16.3 Å². The third-order valence-electron chi connectivity index (χ3n) is 3.42. The van der Waals surface area contributed by atoms with Crippen molar-refractivity contribution in [2.75, 3.05) is 11.9 Å². The van der Waals surface area contributed by atoms with E-state index in [2.05, 4.69) is 10.1 Å². The Morgan fingerprint density at radius 1 is 1.21 bits per heavy atom. The summed E-state index contributed by atoms with van der Waals surface area (Å²) in [5.41, 5.74) is 1.47. The fraction of sp³-hybridized carbons (Fsp3) is 0.235. The van der Waals surface area contributed by atoms with Gasteiger partial charge >= 0.3 is 6.61 Å². The summed E-state index contributed by atoms with van der Waals surface area (Å²) in [5.74, 6) is -0.154. The zero-order valence-electron chi connectivity index (χ0n) is 13.0. The Bertz CT molecular complexity index is 681. The van der Waals surface area contributed by atoms with E-state index in [1.807, 2.05) is 36.5 Å². The fourth-order valence-electron chi connectivity index (χ4n) is 2.19. The number of nitrogens with one attached hydrogen (secondary N) is 1. The lowest BCUT2D eigenvalue weighted by atomic mass is 10.1. The number of rotatable bonds is 7. The van der Waals surface area contributed by atoms with Crippen molar-refractivity contribution in [3.63, 3.8) is 0 Å². The van der Waals surface area contributed by atoms with Crippen LogP contribution < -0.4 is 15.4 Å². The lowest BCUT2D eigenvalue weighted by Gasteiger charge is -2.12. The molecule has 0 fully saturated rings. The highest BCUT2D eigenvalue weighted by Crippen LogP contribution is 2.20. The second kappa shape index (κ2) is 8.61. The number of alkyl halides is 2. The standard InChI is InChI=1S/C17H17ClF2N2O2/c1-11(14-4-2-3-5-15(14)18)21-10-16(23)22-12-6-8-13(9-7-12)24-17(19)20/h2-9,11,17,21H,10H2,1H3,(H,22,23)/p+1/t11-/m0/s1. The van der Waals surface area contributed by atoms with Crippen LogP contribution in [0.3, 0.4) is 0 Å². The van der Waals surface area contributed by atoms with E-state index in [4.69, 9.17) is 11.6 Å². The highest BCUT2D eigenvalue weighted by atomic mass is 35.5. The van der Waals surface area contributed by atoms with Crippen LogP contribution in [0.25, 0.3) is 0 Å². The van der Waals surface area contributed by atoms with E-state index in [0.29, 0.717) is 10.7 Å². The molecule has 2 aromatic carbocycles. The lowest BCUT2D eigenvalue weighted by molar-refractivity contribution is -0.682. The van der Waals surface area contributed by atoms with Crippen LogP contribution in [0.4, 0.5) is 14.5 Å². The number of benzene rings is 2. The Morgan fingerprint density at radius 3 is 2.50 bits per heavy atom. The predicted octanol–water partition coefficient (Wildman–Crippen LogP) is 3.20. The molecule has 128 valence electrons. The maximum atomic E-state index is 12.1. The van der Waals surface area contributed by atoms with Crippen molar-refractivity contribution in [1.82, 2.24) is 0 Å². The zero-order valence-corrected chi connectivity index (χ0v) is 13.8. The van der Waals surface area contributed by atoms with E-state index in [1.54, 1.807) is 0 Å². The van der Waals surface area contributed by atoms with Gasteiger partial charge in [-0.2, -0.15) is 8.78 Å². The molecule has 0 aliphatic rings. The summed E-state index contributed by atoms with van der Waals surface area (Å²) < 4.78 is 28.4. The van der Waals surface area contributed by atoms with Gasteiger partial charge in [-0.25, -0.2) is 0 Å². The number of ether oxygens (including phenoxy) is 1. The minimum atomic E-state index is -2.87. The second-order valence-corrected chi connectivity index (χ2v) is 5.61.